The normalized spacial score (nSPS) is 20.2. The van der Waals surface area contributed by atoms with Gasteiger partial charge < -0.3 is 15.1 Å². The predicted octanol–water partition coefficient (Wildman–Crippen LogP) is 0.304. The molecule has 0 saturated carbocycles. The van der Waals surface area contributed by atoms with Gasteiger partial charge in [-0.25, -0.2) is 0 Å². The lowest BCUT2D eigenvalue weighted by molar-refractivity contribution is -0.384. The maximum Gasteiger partial charge on any atom is 0.269 e. The molecule has 1 atom stereocenters. The van der Waals surface area contributed by atoms with Gasteiger partial charge in [-0.3, -0.25) is 19.7 Å². The standard InChI is InChI=1S/C15H18N4O4/c1-10-6-11-7-12(19(22)23)2-3-13(11)18(10)9-15(21)17-5-4-16-14(20)8-17/h2-3,7,10H,4-6,8-9H2,1H3,(H,16,20). The number of hydrogen-bond donors (Lipinski definition) is 1. The molecule has 8 heteroatoms. The Kier molecular flexibility index (Phi) is 3.89. The zero-order chi connectivity index (χ0) is 16.6. The SMILES string of the molecule is CC1Cc2cc([N+](=O)[O-])ccc2N1CC(=O)N1CCNC(=O)C1. The molecule has 1 aromatic carbocycles. The first-order valence-electron chi connectivity index (χ1n) is 7.54. The van der Waals surface area contributed by atoms with E-state index in [1.54, 1.807) is 17.0 Å². The first kappa shape index (κ1) is 15.3. The number of fused-ring (bicyclic) bond motifs is 1. The molecule has 23 heavy (non-hydrogen) atoms. The van der Waals surface area contributed by atoms with Crippen molar-refractivity contribution < 1.29 is 14.5 Å². The number of nitrogens with one attached hydrogen (secondary N) is 1. The number of non-ortho nitro benzene ring substituents is 1. The fourth-order valence-corrected chi connectivity index (χ4v) is 3.13. The van der Waals surface area contributed by atoms with Crippen LogP contribution in [0.4, 0.5) is 11.4 Å². The van der Waals surface area contributed by atoms with Crippen LogP contribution in [0.25, 0.3) is 0 Å². The molecule has 1 aromatic rings. The second-order valence-electron chi connectivity index (χ2n) is 5.92. The van der Waals surface area contributed by atoms with Crippen molar-refractivity contribution in [3.8, 4) is 0 Å². The molecule has 2 aliphatic heterocycles. The van der Waals surface area contributed by atoms with Crippen molar-refractivity contribution >= 4 is 23.2 Å². The molecule has 2 aliphatic rings. The summed E-state index contributed by atoms with van der Waals surface area (Å²) in [5.74, 6) is -0.243. The van der Waals surface area contributed by atoms with Gasteiger partial charge in [-0.1, -0.05) is 0 Å². The number of amides is 2. The van der Waals surface area contributed by atoms with Crippen molar-refractivity contribution in [3.63, 3.8) is 0 Å². The Labute approximate surface area is 133 Å². The smallest absolute Gasteiger partial charge is 0.269 e. The molecule has 1 N–H and O–H groups in total. The molecule has 0 bridgehead atoms. The first-order chi connectivity index (χ1) is 11.0. The number of piperazine rings is 1. The average molecular weight is 318 g/mol. The van der Waals surface area contributed by atoms with E-state index < -0.39 is 4.92 Å². The van der Waals surface area contributed by atoms with E-state index in [2.05, 4.69) is 5.32 Å². The van der Waals surface area contributed by atoms with E-state index in [-0.39, 0.29) is 36.6 Å². The number of rotatable bonds is 3. The summed E-state index contributed by atoms with van der Waals surface area (Å²) in [6.07, 6.45) is 0.671. The molecule has 2 heterocycles. The lowest BCUT2D eigenvalue weighted by Crippen LogP contribution is -2.52. The minimum Gasteiger partial charge on any atom is -0.359 e. The van der Waals surface area contributed by atoms with Crippen molar-refractivity contribution in [2.75, 3.05) is 31.1 Å². The van der Waals surface area contributed by atoms with Gasteiger partial charge in [0.25, 0.3) is 5.69 Å². The molecular formula is C15H18N4O4. The quantitative estimate of drug-likeness (QED) is 0.639. The number of nitro groups is 1. The largest absolute Gasteiger partial charge is 0.359 e. The fourth-order valence-electron chi connectivity index (χ4n) is 3.13. The maximum atomic E-state index is 12.4. The summed E-state index contributed by atoms with van der Waals surface area (Å²) in [7, 11) is 0. The Morgan fingerprint density at radius 2 is 2.26 bits per heavy atom. The molecule has 122 valence electrons. The van der Waals surface area contributed by atoms with Crippen LogP contribution in [0, 0.1) is 10.1 Å². The van der Waals surface area contributed by atoms with Crippen molar-refractivity contribution in [2.45, 2.75) is 19.4 Å². The van der Waals surface area contributed by atoms with Crippen LogP contribution in [-0.4, -0.2) is 53.9 Å². The van der Waals surface area contributed by atoms with Crippen molar-refractivity contribution in [1.82, 2.24) is 10.2 Å². The second kappa shape index (κ2) is 5.86. The van der Waals surface area contributed by atoms with Crippen LogP contribution in [0.15, 0.2) is 18.2 Å². The predicted molar refractivity (Wildman–Crippen MR) is 83.2 cm³/mol. The molecule has 1 unspecified atom stereocenters. The third kappa shape index (κ3) is 2.96. The third-order valence-electron chi connectivity index (χ3n) is 4.33. The lowest BCUT2D eigenvalue weighted by Gasteiger charge is -2.31. The van der Waals surface area contributed by atoms with Crippen molar-refractivity contribution in [1.29, 1.82) is 0 Å². The topological polar surface area (TPSA) is 95.8 Å². The minimum absolute atomic E-state index is 0.0665. The molecule has 0 aromatic heterocycles. The zero-order valence-electron chi connectivity index (χ0n) is 12.8. The summed E-state index contributed by atoms with van der Waals surface area (Å²) in [5.41, 5.74) is 1.81. The van der Waals surface area contributed by atoms with Crippen LogP contribution in [-0.2, 0) is 16.0 Å². The van der Waals surface area contributed by atoms with E-state index in [1.807, 2.05) is 11.8 Å². The molecule has 1 saturated heterocycles. The van der Waals surface area contributed by atoms with Crippen LogP contribution in [0.3, 0.4) is 0 Å². The van der Waals surface area contributed by atoms with Gasteiger partial charge in [-0.2, -0.15) is 0 Å². The molecule has 0 spiro atoms. The van der Waals surface area contributed by atoms with Gasteiger partial charge in [-0.15, -0.1) is 0 Å². The van der Waals surface area contributed by atoms with Crippen LogP contribution in [0.1, 0.15) is 12.5 Å². The van der Waals surface area contributed by atoms with Gasteiger partial charge in [-0.05, 0) is 25.0 Å². The molecule has 2 amide bonds. The number of hydrogen-bond acceptors (Lipinski definition) is 5. The number of nitrogens with zero attached hydrogens (tertiary/aromatic N) is 3. The number of nitro benzene ring substituents is 1. The highest BCUT2D eigenvalue weighted by Crippen LogP contribution is 2.34. The number of carbonyl (C=O) groups excluding carboxylic acids is 2. The Bertz CT molecular complexity index is 675. The van der Waals surface area contributed by atoms with Gasteiger partial charge in [0.05, 0.1) is 18.0 Å². The molecular weight excluding hydrogens is 300 g/mol. The summed E-state index contributed by atoms with van der Waals surface area (Å²) >= 11 is 0. The fraction of sp³-hybridized carbons (Fsp3) is 0.467. The highest BCUT2D eigenvalue weighted by atomic mass is 16.6. The van der Waals surface area contributed by atoms with Gasteiger partial charge in [0.2, 0.25) is 11.8 Å². The Morgan fingerprint density at radius 3 is 2.96 bits per heavy atom. The molecule has 1 fully saturated rings. The van der Waals surface area contributed by atoms with Gasteiger partial charge in [0.1, 0.15) is 0 Å². The van der Waals surface area contributed by atoms with Gasteiger partial charge >= 0.3 is 0 Å². The Hall–Kier alpha value is -2.64. The zero-order valence-corrected chi connectivity index (χ0v) is 12.8. The van der Waals surface area contributed by atoms with Gasteiger partial charge in [0, 0.05) is 37.0 Å². The lowest BCUT2D eigenvalue weighted by atomic mass is 10.1. The van der Waals surface area contributed by atoms with Crippen LogP contribution >= 0.6 is 0 Å². The average Bonchev–Trinajstić information content (AvgIpc) is 2.82. The van der Waals surface area contributed by atoms with Crippen LogP contribution in [0.5, 0.6) is 0 Å². The van der Waals surface area contributed by atoms with Crippen LogP contribution < -0.4 is 10.2 Å². The monoisotopic (exact) mass is 318 g/mol. The highest BCUT2D eigenvalue weighted by molar-refractivity contribution is 5.88. The molecule has 0 radical (unpaired) electrons. The minimum atomic E-state index is -0.412. The summed E-state index contributed by atoms with van der Waals surface area (Å²) in [6, 6.07) is 4.83. The Morgan fingerprint density at radius 1 is 1.48 bits per heavy atom. The number of anilines is 1. The summed E-state index contributed by atoms with van der Waals surface area (Å²) in [4.78, 5) is 37.8. The van der Waals surface area contributed by atoms with E-state index >= 15 is 0 Å². The first-order valence-corrected chi connectivity index (χ1v) is 7.54. The highest BCUT2D eigenvalue weighted by Gasteiger charge is 2.31. The summed E-state index contributed by atoms with van der Waals surface area (Å²) < 4.78 is 0. The molecule has 0 aliphatic carbocycles. The summed E-state index contributed by atoms with van der Waals surface area (Å²) in [6.45, 7) is 3.25. The molecule has 3 rings (SSSR count). The third-order valence-corrected chi connectivity index (χ3v) is 4.33. The van der Waals surface area contributed by atoms with E-state index in [0.717, 1.165) is 11.3 Å². The molecule has 8 nitrogen and oxygen atoms in total. The van der Waals surface area contributed by atoms with E-state index in [0.29, 0.717) is 19.5 Å². The van der Waals surface area contributed by atoms with Crippen molar-refractivity contribution in [2.24, 2.45) is 0 Å². The summed E-state index contributed by atoms with van der Waals surface area (Å²) in [5, 5.41) is 13.6. The van der Waals surface area contributed by atoms with E-state index in [1.165, 1.54) is 6.07 Å². The second-order valence-corrected chi connectivity index (χ2v) is 5.92. The number of carbonyl (C=O) groups is 2. The number of benzene rings is 1. The maximum absolute atomic E-state index is 12.4. The van der Waals surface area contributed by atoms with E-state index in [4.69, 9.17) is 0 Å². The van der Waals surface area contributed by atoms with E-state index in [9.17, 15) is 19.7 Å². The van der Waals surface area contributed by atoms with Crippen molar-refractivity contribution in [3.05, 3.63) is 33.9 Å². The Balaban J connectivity index is 1.75. The van der Waals surface area contributed by atoms with Gasteiger partial charge in [0.15, 0.2) is 0 Å². The van der Waals surface area contributed by atoms with Crippen LogP contribution in [0.2, 0.25) is 0 Å².